The van der Waals surface area contributed by atoms with Crippen LogP contribution < -0.4 is 5.32 Å². The first-order valence-electron chi connectivity index (χ1n) is 22.5. The Morgan fingerprint density at radius 3 is 1.52 bits per heavy atom. The first-order chi connectivity index (χ1) is 27.8. The zero-order valence-corrected chi connectivity index (χ0v) is 36.6. The number of amides is 1. The molecule has 8 unspecified atom stereocenters. The van der Waals surface area contributed by atoms with Crippen molar-refractivity contribution in [1.82, 2.24) is 5.32 Å². The van der Waals surface area contributed by atoms with Gasteiger partial charge in [-0.1, -0.05) is 172 Å². The van der Waals surface area contributed by atoms with Gasteiger partial charge in [-0.3, -0.25) is 13.8 Å². The number of carbonyl (C=O) groups excluding carboxylic acids is 1. The van der Waals surface area contributed by atoms with Crippen LogP contribution in [-0.2, 0) is 18.4 Å². The van der Waals surface area contributed by atoms with Gasteiger partial charge in [-0.15, -0.1) is 0 Å². The van der Waals surface area contributed by atoms with E-state index in [-0.39, 0.29) is 6.42 Å². The SMILES string of the molecule is CCCCCCCC/C=C\C/C=C\C(O)CC(=O)NC(COP(=O)(O)OC1C(O)C(O)C(O)C(O)C1O)C(O)/C=C/CCCCCCCCCCCCCCCCC. The zero-order valence-electron chi connectivity index (χ0n) is 35.7. The summed E-state index contributed by atoms with van der Waals surface area (Å²) in [5, 5.41) is 74.2. The van der Waals surface area contributed by atoms with E-state index in [0.29, 0.717) is 12.8 Å². The second-order valence-electron chi connectivity index (χ2n) is 16.1. The average Bonchev–Trinajstić information content (AvgIpc) is 3.19. The summed E-state index contributed by atoms with van der Waals surface area (Å²) in [5.74, 6) is -0.661. The molecule has 1 aliphatic carbocycles. The zero-order chi connectivity index (χ0) is 43.0. The van der Waals surface area contributed by atoms with Crippen LogP contribution >= 0.6 is 7.82 Å². The quantitative estimate of drug-likeness (QED) is 0.0177. The van der Waals surface area contributed by atoms with E-state index >= 15 is 0 Å². The molecule has 0 bridgehead atoms. The van der Waals surface area contributed by atoms with Crippen LogP contribution in [0.1, 0.15) is 174 Å². The molecule has 0 aromatic heterocycles. The first-order valence-corrected chi connectivity index (χ1v) is 24.0. The smallest absolute Gasteiger partial charge is 0.389 e. The third-order valence-electron chi connectivity index (χ3n) is 10.7. The minimum absolute atomic E-state index is 0.351. The Morgan fingerprint density at radius 2 is 1.03 bits per heavy atom. The van der Waals surface area contributed by atoms with Crippen molar-refractivity contribution in [2.75, 3.05) is 6.61 Å². The molecule has 58 heavy (non-hydrogen) atoms. The fraction of sp³-hybridized carbons (Fsp3) is 0.841. The minimum atomic E-state index is -5.15. The summed E-state index contributed by atoms with van der Waals surface area (Å²) in [7, 11) is -5.15. The largest absolute Gasteiger partial charge is 0.472 e. The van der Waals surface area contributed by atoms with Crippen LogP contribution in [0.3, 0.4) is 0 Å². The number of hydrogen-bond donors (Lipinski definition) is 9. The normalized spacial score (nSPS) is 24.1. The van der Waals surface area contributed by atoms with Crippen LogP contribution in [0.5, 0.6) is 0 Å². The highest BCUT2D eigenvalue weighted by Crippen LogP contribution is 2.47. The second kappa shape index (κ2) is 34.1. The van der Waals surface area contributed by atoms with Crippen LogP contribution in [-0.4, -0.2) is 108 Å². The fourth-order valence-electron chi connectivity index (χ4n) is 7.00. The molecule has 9 N–H and O–H groups in total. The van der Waals surface area contributed by atoms with E-state index in [0.717, 1.165) is 32.1 Å². The second-order valence-corrected chi connectivity index (χ2v) is 17.5. The van der Waals surface area contributed by atoms with Crippen molar-refractivity contribution in [2.45, 2.75) is 229 Å². The lowest BCUT2D eigenvalue weighted by molar-refractivity contribution is -0.220. The number of carbonyl (C=O) groups is 1. The van der Waals surface area contributed by atoms with Crippen molar-refractivity contribution in [3.63, 3.8) is 0 Å². The molecule has 0 aromatic rings. The Bertz CT molecular complexity index is 1140. The number of nitrogens with one attached hydrogen (secondary N) is 1. The van der Waals surface area contributed by atoms with Gasteiger partial charge < -0.3 is 46.0 Å². The number of rotatable bonds is 36. The molecule has 1 fully saturated rings. The molecule has 14 heteroatoms. The van der Waals surface area contributed by atoms with Crippen molar-refractivity contribution in [3.05, 3.63) is 36.5 Å². The lowest BCUT2D eigenvalue weighted by atomic mass is 9.85. The highest BCUT2D eigenvalue weighted by Gasteiger charge is 2.51. The topological polar surface area (TPSA) is 226 Å². The van der Waals surface area contributed by atoms with Crippen LogP contribution in [0.15, 0.2) is 36.5 Å². The van der Waals surface area contributed by atoms with E-state index in [2.05, 4.69) is 25.2 Å². The van der Waals surface area contributed by atoms with E-state index in [9.17, 15) is 50.0 Å². The number of unbranched alkanes of at least 4 members (excludes halogenated alkanes) is 21. The maximum Gasteiger partial charge on any atom is 0.472 e. The third kappa shape index (κ3) is 26.0. The van der Waals surface area contributed by atoms with Gasteiger partial charge in [0.25, 0.3) is 0 Å². The van der Waals surface area contributed by atoms with Crippen molar-refractivity contribution >= 4 is 13.7 Å². The molecule has 0 aromatic carbocycles. The highest BCUT2D eigenvalue weighted by molar-refractivity contribution is 7.47. The van der Waals surface area contributed by atoms with Gasteiger partial charge in [0.2, 0.25) is 5.91 Å². The molecular formula is C44H82NO12P. The predicted molar refractivity (Wildman–Crippen MR) is 229 cm³/mol. The molecule has 0 spiro atoms. The van der Waals surface area contributed by atoms with Gasteiger partial charge in [-0.25, -0.2) is 4.57 Å². The fourth-order valence-corrected chi connectivity index (χ4v) is 7.97. The standard InChI is InChI=1S/C44H82NO12P/c1-3-5-7-9-11-13-15-16-17-18-19-20-22-24-26-28-30-32-37(47)36(34-56-58(54,55)57-44-42(52)40(50)39(49)41(51)43(44)53)45-38(48)33-35(46)31-29-27-25-23-21-14-12-10-8-6-4-2/h23,25,29-32,35-37,39-44,46-47,49-53H,3-22,24,26-28,33-34H2,1-2H3,(H,45,48)(H,54,55)/b25-23-,31-29-,32-30+. The maximum atomic E-state index is 12.9. The van der Waals surface area contributed by atoms with Gasteiger partial charge in [-0.05, 0) is 32.1 Å². The van der Waals surface area contributed by atoms with Crippen LogP contribution in [0.2, 0.25) is 0 Å². The molecule has 13 nitrogen and oxygen atoms in total. The Hall–Kier alpha value is -1.48. The number of phosphoric acid groups is 1. The van der Waals surface area contributed by atoms with E-state index in [1.54, 1.807) is 12.2 Å². The summed E-state index contributed by atoms with van der Waals surface area (Å²) in [6.45, 7) is 3.68. The number of allylic oxidation sites excluding steroid dienone is 4. The van der Waals surface area contributed by atoms with Gasteiger partial charge in [0.05, 0.1) is 31.3 Å². The summed E-state index contributed by atoms with van der Waals surface area (Å²) < 4.78 is 22.8. The number of aliphatic hydroxyl groups excluding tert-OH is 7. The van der Waals surface area contributed by atoms with Gasteiger partial charge in [0, 0.05) is 0 Å². The molecule has 0 heterocycles. The van der Waals surface area contributed by atoms with Crippen LogP contribution in [0, 0.1) is 0 Å². The molecule has 1 aliphatic rings. The Balaban J connectivity index is 2.62. The van der Waals surface area contributed by atoms with Crippen LogP contribution in [0.4, 0.5) is 0 Å². The van der Waals surface area contributed by atoms with Gasteiger partial charge in [0.1, 0.15) is 36.6 Å². The van der Waals surface area contributed by atoms with Crippen molar-refractivity contribution in [3.8, 4) is 0 Å². The number of aliphatic hydroxyl groups is 7. The lowest BCUT2D eigenvalue weighted by Gasteiger charge is -2.41. The number of hydrogen-bond acceptors (Lipinski definition) is 11. The van der Waals surface area contributed by atoms with Gasteiger partial charge in [0.15, 0.2) is 0 Å². The molecule has 340 valence electrons. The monoisotopic (exact) mass is 848 g/mol. The first kappa shape index (κ1) is 54.5. The average molecular weight is 848 g/mol. The summed E-state index contributed by atoms with van der Waals surface area (Å²) in [5.41, 5.74) is 0. The molecule has 0 aliphatic heterocycles. The van der Waals surface area contributed by atoms with E-state index in [1.165, 1.54) is 121 Å². The van der Waals surface area contributed by atoms with E-state index in [1.807, 2.05) is 6.08 Å². The van der Waals surface area contributed by atoms with Crippen molar-refractivity contribution in [1.29, 1.82) is 0 Å². The third-order valence-corrected chi connectivity index (χ3v) is 11.7. The van der Waals surface area contributed by atoms with Crippen molar-refractivity contribution in [2.24, 2.45) is 0 Å². The molecule has 1 amide bonds. The lowest BCUT2D eigenvalue weighted by Crippen LogP contribution is -2.64. The molecule has 8 atom stereocenters. The van der Waals surface area contributed by atoms with Gasteiger partial charge >= 0.3 is 7.82 Å². The highest BCUT2D eigenvalue weighted by atomic mass is 31.2. The Kier molecular flexibility index (Phi) is 32.1. The summed E-state index contributed by atoms with van der Waals surface area (Å²) in [4.78, 5) is 23.3. The van der Waals surface area contributed by atoms with E-state index in [4.69, 9.17) is 9.05 Å². The van der Waals surface area contributed by atoms with Crippen LogP contribution in [0.25, 0.3) is 0 Å². The van der Waals surface area contributed by atoms with Crippen molar-refractivity contribution < 1.29 is 59.0 Å². The maximum absolute atomic E-state index is 12.9. The summed E-state index contributed by atoms with van der Waals surface area (Å²) in [6.07, 6.45) is 24.1. The molecule has 1 rings (SSSR count). The minimum Gasteiger partial charge on any atom is -0.389 e. The molecule has 0 saturated heterocycles. The van der Waals surface area contributed by atoms with E-state index < -0.39 is 75.2 Å². The summed E-state index contributed by atoms with van der Waals surface area (Å²) >= 11 is 0. The predicted octanol–water partition coefficient (Wildman–Crippen LogP) is 6.97. The molecule has 0 radical (unpaired) electrons. The Morgan fingerprint density at radius 1 is 0.603 bits per heavy atom. The molecule has 1 saturated carbocycles. The number of phosphoric ester groups is 1. The molecular weight excluding hydrogens is 765 g/mol. The Labute approximate surface area is 349 Å². The summed E-state index contributed by atoms with van der Waals surface area (Å²) in [6, 6.07) is -1.27. The van der Waals surface area contributed by atoms with Gasteiger partial charge in [-0.2, -0.15) is 0 Å².